The van der Waals surface area contributed by atoms with Crippen LogP contribution >= 0.6 is 35.6 Å². The third kappa shape index (κ3) is 3.36. The predicted molar refractivity (Wildman–Crippen MR) is 60.9 cm³/mol. The number of nitriles is 1. The molecule has 0 saturated carbocycles. The van der Waals surface area contributed by atoms with E-state index < -0.39 is 0 Å². The first-order valence-electron chi connectivity index (χ1n) is 3.72. The van der Waals surface area contributed by atoms with Gasteiger partial charge in [0.15, 0.2) is 0 Å². The fourth-order valence-electron chi connectivity index (χ4n) is 1.01. The van der Waals surface area contributed by atoms with Gasteiger partial charge in [-0.3, -0.25) is 0 Å². The van der Waals surface area contributed by atoms with Crippen LogP contribution in [0.3, 0.4) is 0 Å². The fourth-order valence-corrected chi connectivity index (χ4v) is 1.56. The molecule has 0 aliphatic rings. The highest BCUT2D eigenvalue weighted by molar-refractivity contribution is 6.35. The van der Waals surface area contributed by atoms with Gasteiger partial charge in [-0.2, -0.15) is 5.26 Å². The quantitative estimate of drug-likeness (QED) is 0.876. The molecule has 1 atom stereocenters. The maximum Gasteiger partial charge on any atom is 0.0641 e. The molecule has 1 aromatic rings. The Morgan fingerprint density at radius 2 is 2.07 bits per heavy atom. The highest BCUT2D eigenvalue weighted by Crippen LogP contribution is 2.26. The van der Waals surface area contributed by atoms with Gasteiger partial charge >= 0.3 is 0 Å². The molecular weight excluding hydrogens is 242 g/mol. The third-order valence-electron chi connectivity index (χ3n) is 1.67. The van der Waals surface area contributed by atoms with E-state index in [2.05, 4.69) is 0 Å². The van der Waals surface area contributed by atoms with E-state index in [0.29, 0.717) is 10.0 Å². The lowest BCUT2D eigenvalue weighted by Crippen LogP contribution is -2.09. The average Bonchev–Trinajstić information content (AvgIpc) is 2.04. The molecule has 0 heterocycles. The van der Waals surface area contributed by atoms with Crippen LogP contribution in [0.25, 0.3) is 0 Å². The summed E-state index contributed by atoms with van der Waals surface area (Å²) in [5.41, 5.74) is 6.46. The molecule has 0 bridgehead atoms. The molecule has 0 aromatic heterocycles. The Balaban J connectivity index is 0.00000169. The number of hydrogen-bond acceptors (Lipinski definition) is 2. The molecule has 2 N–H and O–H groups in total. The summed E-state index contributed by atoms with van der Waals surface area (Å²) in [6.45, 7) is 0. The van der Waals surface area contributed by atoms with Crippen LogP contribution in [0, 0.1) is 11.3 Å². The molecule has 1 rings (SSSR count). The van der Waals surface area contributed by atoms with Crippen LogP contribution in [-0.4, -0.2) is 0 Å². The SMILES string of the molecule is Cl.N#CC[C@@H](N)c1ccc(Cl)cc1Cl. The Morgan fingerprint density at radius 1 is 1.43 bits per heavy atom. The number of hydrogen-bond donors (Lipinski definition) is 1. The summed E-state index contributed by atoms with van der Waals surface area (Å²) in [7, 11) is 0. The first kappa shape index (κ1) is 13.5. The first-order chi connectivity index (χ1) is 6.15. The van der Waals surface area contributed by atoms with E-state index in [1.165, 1.54) is 0 Å². The van der Waals surface area contributed by atoms with E-state index in [0.717, 1.165) is 5.56 Å². The summed E-state index contributed by atoms with van der Waals surface area (Å²) < 4.78 is 0. The molecular formula is C9H9Cl3N2. The van der Waals surface area contributed by atoms with Crippen molar-refractivity contribution < 1.29 is 0 Å². The van der Waals surface area contributed by atoms with E-state index in [1.54, 1.807) is 18.2 Å². The van der Waals surface area contributed by atoms with Crippen LogP contribution in [0.1, 0.15) is 18.0 Å². The monoisotopic (exact) mass is 250 g/mol. The molecule has 0 aliphatic heterocycles. The second-order valence-electron chi connectivity index (χ2n) is 2.63. The molecule has 0 fully saturated rings. The first-order valence-corrected chi connectivity index (χ1v) is 4.48. The molecule has 0 aliphatic carbocycles. The van der Waals surface area contributed by atoms with Crippen LogP contribution in [0.2, 0.25) is 10.0 Å². The Morgan fingerprint density at radius 3 is 2.57 bits per heavy atom. The Hall–Kier alpha value is -0.460. The summed E-state index contributed by atoms with van der Waals surface area (Å²) in [5, 5.41) is 9.52. The van der Waals surface area contributed by atoms with Gasteiger partial charge in [-0.15, -0.1) is 12.4 Å². The van der Waals surface area contributed by atoms with Crippen molar-refractivity contribution in [2.24, 2.45) is 5.73 Å². The van der Waals surface area contributed by atoms with Crippen molar-refractivity contribution in [3.63, 3.8) is 0 Å². The predicted octanol–water partition coefficient (Wildman–Crippen LogP) is 3.33. The van der Waals surface area contributed by atoms with Crippen molar-refractivity contribution in [3.8, 4) is 6.07 Å². The van der Waals surface area contributed by atoms with Gasteiger partial charge in [0.05, 0.1) is 12.5 Å². The van der Waals surface area contributed by atoms with Crippen molar-refractivity contribution in [1.29, 1.82) is 5.26 Å². The molecule has 1 aromatic carbocycles. The van der Waals surface area contributed by atoms with E-state index >= 15 is 0 Å². The Bertz CT molecular complexity index is 346. The zero-order chi connectivity index (χ0) is 9.84. The van der Waals surface area contributed by atoms with Gasteiger partial charge in [-0.05, 0) is 17.7 Å². The third-order valence-corrected chi connectivity index (χ3v) is 2.24. The number of nitrogens with two attached hydrogens (primary N) is 1. The highest BCUT2D eigenvalue weighted by Gasteiger charge is 2.09. The Kier molecular flexibility index (Phi) is 5.90. The van der Waals surface area contributed by atoms with Crippen molar-refractivity contribution in [2.45, 2.75) is 12.5 Å². The van der Waals surface area contributed by atoms with Crippen LogP contribution in [0.5, 0.6) is 0 Å². The number of rotatable bonds is 2. The molecule has 2 nitrogen and oxygen atoms in total. The average molecular weight is 252 g/mol. The van der Waals surface area contributed by atoms with E-state index in [1.807, 2.05) is 6.07 Å². The molecule has 5 heteroatoms. The zero-order valence-corrected chi connectivity index (χ0v) is 9.53. The minimum Gasteiger partial charge on any atom is -0.323 e. The topological polar surface area (TPSA) is 49.8 Å². The maximum atomic E-state index is 8.44. The molecule has 0 unspecified atom stereocenters. The lowest BCUT2D eigenvalue weighted by Gasteiger charge is -2.09. The van der Waals surface area contributed by atoms with E-state index in [9.17, 15) is 0 Å². The minimum absolute atomic E-state index is 0. The normalized spacial score (nSPS) is 11.3. The Labute approximate surface area is 99.0 Å². The van der Waals surface area contributed by atoms with Gasteiger partial charge < -0.3 is 5.73 Å². The van der Waals surface area contributed by atoms with Crippen LogP contribution < -0.4 is 5.73 Å². The summed E-state index contributed by atoms with van der Waals surface area (Å²) in [4.78, 5) is 0. The molecule has 14 heavy (non-hydrogen) atoms. The fraction of sp³-hybridized carbons (Fsp3) is 0.222. The van der Waals surface area contributed by atoms with Crippen molar-refractivity contribution in [1.82, 2.24) is 0 Å². The molecule has 0 amide bonds. The molecule has 0 saturated heterocycles. The largest absolute Gasteiger partial charge is 0.323 e. The minimum atomic E-state index is -0.338. The zero-order valence-electron chi connectivity index (χ0n) is 7.21. The van der Waals surface area contributed by atoms with Gasteiger partial charge in [0.1, 0.15) is 0 Å². The molecule has 0 spiro atoms. The smallest absolute Gasteiger partial charge is 0.0641 e. The molecule has 76 valence electrons. The van der Waals surface area contributed by atoms with E-state index in [4.69, 9.17) is 34.2 Å². The molecule has 0 radical (unpaired) electrons. The highest BCUT2D eigenvalue weighted by atomic mass is 35.5. The van der Waals surface area contributed by atoms with Crippen LogP contribution in [0.15, 0.2) is 18.2 Å². The van der Waals surface area contributed by atoms with Gasteiger partial charge in [0, 0.05) is 16.1 Å². The second kappa shape index (κ2) is 6.10. The van der Waals surface area contributed by atoms with Crippen LogP contribution in [0.4, 0.5) is 0 Å². The standard InChI is InChI=1S/C9H8Cl2N2.ClH/c10-6-1-2-7(8(11)5-6)9(13)3-4-12;/h1-2,5,9H,3,13H2;1H/t9-;/m1./s1. The lowest BCUT2D eigenvalue weighted by molar-refractivity contribution is 0.749. The number of halogens is 3. The summed E-state index contributed by atoms with van der Waals surface area (Å²) >= 11 is 11.6. The number of benzene rings is 1. The van der Waals surface area contributed by atoms with E-state index in [-0.39, 0.29) is 24.9 Å². The summed E-state index contributed by atoms with van der Waals surface area (Å²) in [6.07, 6.45) is 0.251. The summed E-state index contributed by atoms with van der Waals surface area (Å²) in [6, 6.07) is 6.72. The second-order valence-corrected chi connectivity index (χ2v) is 3.48. The van der Waals surface area contributed by atoms with Gasteiger partial charge in [0.25, 0.3) is 0 Å². The van der Waals surface area contributed by atoms with Crippen molar-refractivity contribution in [2.75, 3.05) is 0 Å². The maximum absolute atomic E-state index is 8.44. The lowest BCUT2D eigenvalue weighted by atomic mass is 10.1. The van der Waals surface area contributed by atoms with Gasteiger partial charge in [-0.25, -0.2) is 0 Å². The number of nitrogens with zero attached hydrogens (tertiary/aromatic N) is 1. The van der Waals surface area contributed by atoms with Crippen molar-refractivity contribution >= 4 is 35.6 Å². The van der Waals surface area contributed by atoms with Gasteiger partial charge in [-0.1, -0.05) is 29.3 Å². The van der Waals surface area contributed by atoms with Crippen molar-refractivity contribution in [3.05, 3.63) is 33.8 Å². The summed E-state index contributed by atoms with van der Waals surface area (Å²) in [5.74, 6) is 0. The van der Waals surface area contributed by atoms with Gasteiger partial charge in [0.2, 0.25) is 0 Å². The van der Waals surface area contributed by atoms with Crippen LogP contribution in [-0.2, 0) is 0 Å².